The molecule has 52 valence electrons. The van der Waals surface area contributed by atoms with Gasteiger partial charge in [-0.1, -0.05) is 0 Å². The van der Waals surface area contributed by atoms with Crippen molar-refractivity contribution in [3.05, 3.63) is 0 Å². The Kier molecular flexibility index (Phi) is 5.23. The first kappa shape index (κ1) is 12.8. The Balaban J connectivity index is 0. The maximum atomic E-state index is 9.43. The summed E-state index contributed by atoms with van der Waals surface area (Å²) >= 11 is 0. The van der Waals surface area contributed by atoms with Crippen LogP contribution >= 0.6 is 0 Å². The second-order valence-corrected chi connectivity index (χ2v) is 1.25. The van der Waals surface area contributed by atoms with E-state index in [1.165, 1.54) is 0 Å². The van der Waals surface area contributed by atoms with Crippen LogP contribution in [0.25, 0.3) is 0 Å². The van der Waals surface area contributed by atoms with Crippen LogP contribution in [0.3, 0.4) is 0 Å². The van der Waals surface area contributed by atoms with Gasteiger partial charge in [-0.3, -0.25) is 0 Å². The van der Waals surface area contributed by atoms with E-state index in [1.54, 1.807) is 0 Å². The summed E-state index contributed by atoms with van der Waals surface area (Å²) < 4.78 is 0. The van der Waals surface area contributed by atoms with Gasteiger partial charge in [0.1, 0.15) is 11.9 Å². The summed E-state index contributed by atoms with van der Waals surface area (Å²) in [7, 11) is 0. The van der Waals surface area contributed by atoms with Gasteiger partial charge in [-0.25, -0.2) is 0 Å². The van der Waals surface area contributed by atoms with Crippen molar-refractivity contribution in [2.45, 2.75) is 5.79 Å². The molecule has 7 heteroatoms. The predicted molar refractivity (Wildman–Crippen MR) is 22.9 cm³/mol. The topological polar surface area (TPSA) is 121 Å². The van der Waals surface area contributed by atoms with Crippen LogP contribution in [0.4, 0.5) is 0 Å². The third-order valence-corrected chi connectivity index (χ3v) is 0.569. The van der Waals surface area contributed by atoms with Gasteiger partial charge in [0, 0.05) is 0 Å². The first-order valence-corrected chi connectivity index (χ1v) is 1.76. The molecule has 0 bridgehead atoms. The van der Waals surface area contributed by atoms with E-state index in [2.05, 4.69) is 0 Å². The van der Waals surface area contributed by atoms with Gasteiger partial charge >= 0.3 is 37.7 Å². The van der Waals surface area contributed by atoms with Crippen molar-refractivity contribution < 1.29 is 30.0 Å². The molecule has 0 atom stereocenters. The Hall–Kier alpha value is 0.120. The Labute approximate surface area is 85.1 Å². The largest absolute Gasteiger partial charge is 2.00 e. The fourth-order valence-corrected chi connectivity index (χ4v) is 0.0833. The van der Waals surface area contributed by atoms with E-state index in [9.17, 15) is 19.8 Å². The zero-order valence-electron chi connectivity index (χ0n) is 4.73. The fraction of sp³-hybridized carbons (Fsp3) is 0.333. The molecule has 0 saturated carbocycles. The van der Waals surface area contributed by atoms with E-state index in [-0.39, 0.29) is 37.7 Å². The van der Waals surface area contributed by atoms with Crippen molar-refractivity contribution in [1.82, 2.24) is 0 Å². The van der Waals surface area contributed by atoms with E-state index >= 15 is 0 Å². The van der Waals surface area contributed by atoms with E-state index in [0.29, 0.717) is 0 Å². The number of carbonyl (C=O) groups is 2. The SMILES string of the molecule is O=C([O-])C(O)(O)C(=O)[O-].[Ca+2]. The van der Waals surface area contributed by atoms with Crippen LogP contribution in [-0.2, 0) is 9.59 Å². The molecule has 0 aliphatic rings. The maximum absolute atomic E-state index is 9.43. The molecule has 0 radical (unpaired) electrons. The van der Waals surface area contributed by atoms with Gasteiger partial charge in [-0.2, -0.15) is 0 Å². The van der Waals surface area contributed by atoms with Gasteiger partial charge in [-0.15, -0.1) is 0 Å². The summed E-state index contributed by atoms with van der Waals surface area (Å²) in [5.41, 5.74) is 0. The average molecular weight is 174 g/mol. The van der Waals surface area contributed by atoms with Gasteiger partial charge in [0.15, 0.2) is 0 Å². The van der Waals surface area contributed by atoms with Gasteiger partial charge in [0.2, 0.25) is 5.79 Å². The number of hydrogen-bond donors (Lipinski definition) is 2. The normalized spacial score (nSPS) is 9.80. The molecule has 0 aliphatic heterocycles. The molecule has 0 heterocycles. The Morgan fingerprint density at radius 3 is 1.30 bits per heavy atom. The molecule has 2 N–H and O–H groups in total. The van der Waals surface area contributed by atoms with E-state index in [1.807, 2.05) is 0 Å². The summed E-state index contributed by atoms with van der Waals surface area (Å²) in [6, 6.07) is 0. The van der Waals surface area contributed by atoms with Crippen molar-refractivity contribution in [3.8, 4) is 0 Å². The maximum Gasteiger partial charge on any atom is 2.00 e. The number of rotatable bonds is 2. The zero-order valence-corrected chi connectivity index (χ0v) is 6.94. The molecule has 0 spiro atoms. The number of carboxylic acids is 2. The minimum atomic E-state index is -3.89. The first-order valence-electron chi connectivity index (χ1n) is 1.76. The second kappa shape index (κ2) is 4.09. The quantitative estimate of drug-likeness (QED) is 0.245. The number of carboxylic acid groups (broad SMARTS) is 2. The van der Waals surface area contributed by atoms with Crippen LogP contribution in [0.1, 0.15) is 0 Å². The number of aliphatic carboxylic acids is 2. The molecule has 0 aromatic carbocycles. The van der Waals surface area contributed by atoms with Crippen LogP contribution in [0.2, 0.25) is 0 Å². The summed E-state index contributed by atoms with van der Waals surface area (Å²) in [6.45, 7) is 0. The second-order valence-electron chi connectivity index (χ2n) is 1.25. The molecular weight excluding hydrogens is 172 g/mol. The van der Waals surface area contributed by atoms with Crippen molar-refractivity contribution in [2.24, 2.45) is 0 Å². The van der Waals surface area contributed by atoms with Crippen LogP contribution < -0.4 is 10.2 Å². The molecule has 0 rings (SSSR count). The summed E-state index contributed by atoms with van der Waals surface area (Å²) in [6.07, 6.45) is 0. The van der Waals surface area contributed by atoms with Crippen LogP contribution in [-0.4, -0.2) is 65.7 Å². The van der Waals surface area contributed by atoms with Gasteiger partial charge in [0.05, 0.1) is 0 Å². The van der Waals surface area contributed by atoms with Crippen molar-refractivity contribution >= 4 is 49.7 Å². The number of aliphatic hydroxyl groups is 2. The van der Waals surface area contributed by atoms with Crippen LogP contribution in [0.15, 0.2) is 0 Å². The van der Waals surface area contributed by atoms with Gasteiger partial charge < -0.3 is 30.0 Å². The number of hydrogen-bond acceptors (Lipinski definition) is 6. The molecule has 6 nitrogen and oxygen atoms in total. The molecule has 0 fully saturated rings. The molecule has 0 saturated heterocycles. The summed E-state index contributed by atoms with van der Waals surface area (Å²) in [5, 5.41) is 34.7. The third-order valence-electron chi connectivity index (χ3n) is 0.569. The molecule has 0 amide bonds. The molecular formula is C3H2CaO6. The molecule has 0 aromatic rings. The monoisotopic (exact) mass is 174 g/mol. The van der Waals surface area contributed by atoms with E-state index < -0.39 is 17.7 Å². The van der Waals surface area contributed by atoms with Crippen LogP contribution in [0, 0.1) is 0 Å². The smallest absolute Gasteiger partial charge is 0.544 e. The van der Waals surface area contributed by atoms with Crippen molar-refractivity contribution in [3.63, 3.8) is 0 Å². The van der Waals surface area contributed by atoms with Gasteiger partial charge in [-0.05, 0) is 0 Å². The Morgan fingerprint density at radius 2 is 1.30 bits per heavy atom. The Morgan fingerprint density at radius 1 is 1.10 bits per heavy atom. The molecule has 0 aromatic heterocycles. The third kappa shape index (κ3) is 2.80. The van der Waals surface area contributed by atoms with Gasteiger partial charge in [0.25, 0.3) is 0 Å². The molecule has 10 heavy (non-hydrogen) atoms. The minimum Gasteiger partial charge on any atom is -0.544 e. The predicted octanol–water partition coefficient (Wildman–Crippen LogP) is -5.21. The Bertz CT molecular complexity index is 135. The van der Waals surface area contributed by atoms with E-state index in [0.717, 1.165) is 0 Å². The fourth-order valence-electron chi connectivity index (χ4n) is 0.0833. The average Bonchev–Trinajstić information content (AvgIpc) is 1.65. The van der Waals surface area contributed by atoms with Crippen molar-refractivity contribution in [1.29, 1.82) is 0 Å². The van der Waals surface area contributed by atoms with Crippen molar-refractivity contribution in [2.75, 3.05) is 0 Å². The number of carbonyl (C=O) groups excluding carboxylic acids is 2. The van der Waals surface area contributed by atoms with Crippen LogP contribution in [0.5, 0.6) is 0 Å². The standard InChI is InChI=1S/C3H4O6.Ca/c4-1(5)3(8,9)2(6)7;/h8-9H,(H,4,5)(H,6,7);/q;+2/p-2. The first-order chi connectivity index (χ1) is 3.89. The molecule has 0 aliphatic carbocycles. The summed E-state index contributed by atoms with van der Waals surface area (Å²) in [5.74, 6) is -8.94. The minimum absolute atomic E-state index is 0. The molecule has 0 unspecified atom stereocenters. The van der Waals surface area contributed by atoms with E-state index in [4.69, 9.17) is 10.2 Å². The zero-order chi connectivity index (χ0) is 7.65. The summed E-state index contributed by atoms with van der Waals surface area (Å²) in [4.78, 5) is 18.9.